The molecule has 0 bridgehead atoms. The maximum absolute atomic E-state index is 5.19. The molecule has 1 aliphatic heterocycles. The summed E-state index contributed by atoms with van der Waals surface area (Å²) in [4.78, 5) is 12.8. The molecule has 0 aliphatic carbocycles. The van der Waals surface area contributed by atoms with E-state index in [0.29, 0.717) is 0 Å². The van der Waals surface area contributed by atoms with Crippen LogP contribution < -0.4 is 10.2 Å². The predicted octanol–water partition coefficient (Wildman–Crippen LogP) is 16.0. The predicted molar refractivity (Wildman–Crippen MR) is 284 cm³/mol. The van der Waals surface area contributed by atoms with Crippen molar-refractivity contribution in [2.75, 3.05) is 10.2 Å². The van der Waals surface area contributed by atoms with Gasteiger partial charge in [-0.25, -0.2) is 9.97 Å². The second-order valence-electron chi connectivity index (χ2n) is 17.5. The van der Waals surface area contributed by atoms with Gasteiger partial charge in [-0.05, 0) is 112 Å². The molecule has 0 saturated carbocycles. The normalized spacial score (nSPS) is 13.2. The molecule has 0 radical (unpaired) electrons. The van der Waals surface area contributed by atoms with Crippen LogP contribution in [0, 0.1) is 0 Å². The number of nitrogens with zero attached hydrogens (tertiary/aromatic N) is 5. The Hall–Kier alpha value is -9.26. The van der Waals surface area contributed by atoms with Crippen molar-refractivity contribution >= 4 is 39.1 Å². The van der Waals surface area contributed by atoms with Crippen LogP contribution in [-0.2, 0) is 0 Å². The van der Waals surface area contributed by atoms with Gasteiger partial charge in [-0.2, -0.15) is 0 Å². The number of imidazole rings is 2. The first-order valence-corrected chi connectivity index (χ1v) is 23.4. The van der Waals surface area contributed by atoms with Crippen molar-refractivity contribution in [2.24, 2.45) is 0 Å². The largest absolute Gasteiger partial charge is 0.359 e. The van der Waals surface area contributed by atoms with E-state index in [9.17, 15) is 0 Å². The van der Waals surface area contributed by atoms with Crippen LogP contribution in [-0.4, -0.2) is 19.1 Å². The summed E-state index contributed by atoms with van der Waals surface area (Å²) in [5.41, 5.74) is 19.8. The first-order valence-electron chi connectivity index (χ1n) is 23.4. The number of para-hydroxylation sites is 9. The van der Waals surface area contributed by atoms with E-state index in [1.54, 1.807) is 0 Å². The topological polar surface area (TPSA) is 50.9 Å². The van der Waals surface area contributed by atoms with Gasteiger partial charge in [-0.15, -0.1) is 0 Å². The van der Waals surface area contributed by atoms with Crippen molar-refractivity contribution in [1.82, 2.24) is 19.1 Å². The number of rotatable bonds is 9. The SMILES string of the molecule is c1ccc(N2c3ccccc3NC2c2ccc(-c3cccc(-c4ccc(-c5nc6ccccc6n5-c5ccccc5)cc4)c3-c3ccc(-c4nc5ccccc5n4-c4ccccc4)cc3)cc2)cc1. The number of anilines is 3. The average Bonchev–Trinajstić information content (AvgIpc) is 4.14. The fourth-order valence-electron chi connectivity index (χ4n) is 10.2. The Bertz CT molecular complexity index is 3780. The summed E-state index contributed by atoms with van der Waals surface area (Å²) in [5, 5.41) is 3.82. The molecule has 1 N–H and O–H groups in total. The summed E-state index contributed by atoms with van der Waals surface area (Å²) in [6.07, 6.45) is -0.0640. The smallest absolute Gasteiger partial charge is 0.145 e. The average molecular weight is 885 g/mol. The van der Waals surface area contributed by atoms with Crippen LogP contribution in [0.1, 0.15) is 11.7 Å². The molecule has 13 rings (SSSR count). The molecule has 1 aliphatic rings. The van der Waals surface area contributed by atoms with E-state index >= 15 is 0 Å². The summed E-state index contributed by atoms with van der Waals surface area (Å²) in [6.45, 7) is 0. The molecule has 0 spiro atoms. The molecular weight excluding hydrogens is 841 g/mol. The van der Waals surface area contributed by atoms with E-state index in [2.05, 4.69) is 274 Å². The lowest BCUT2D eigenvalue weighted by atomic mass is 9.87. The molecule has 69 heavy (non-hydrogen) atoms. The van der Waals surface area contributed by atoms with Crippen LogP contribution in [0.3, 0.4) is 0 Å². The lowest BCUT2D eigenvalue weighted by Crippen LogP contribution is -2.23. The van der Waals surface area contributed by atoms with Gasteiger partial charge in [0.1, 0.15) is 17.8 Å². The van der Waals surface area contributed by atoms with Gasteiger partial charge in [0.25, 0.3) is 0 Å². The van der Waals surface area contributed by atoms with Crippen LogP contribution in [0.4, 0.5) is 17.1 Å². The molecule has 0 saturated heterocycles. The second kappa shape index (κ2) is 16.9. The van der Waals surface area contributed by atoms with E-state index in [-0.39, 0.29) is 6.17 Å². The highest BCUT2D eigenvalue weighted by atomic mass is 15.3. The van der Waals surface area contributed by atoms with Gasteiger partial charge in [0.05, 0.1) is 33.4 Å². The number of hydrogen-bond acceptors (Lipinski definition) is 4. The summed E-state index contributed by atoms with van der Waals surface area (Å²) in [5.74, 6) is 1.81. The third-order valence-corrected chi connectivity index (χ3v) is 13.4. The highest BCUT2D eigenvalue weighted by molar-refractivity contribution is 5.96. The molecule has 6 nitrogen and oxygen atoms in total. The number of hydrogen-bond donors (Lipinski definition) is 1. The third kappa shape index (κ3) is 7.05. The van der Waals surface area contributed by atoms with E-state index < -0.39 is 0 Å². The van der Waals surface area contributed by atoms with E-state index in [0.717, 1.165) is 101 Å². The molecule has 2 aromatic heterocycles. The number of fused-ring (bicyclic) bond motifs is 3. The second-order valence-corrected chi connectivity index (χ2v) is 17.5. The number of benzene rings is 10. The number of nitrogens with one attached hydrogen (secondary N) is 1. The van der Waals surface area contributed by atoms with Crippen LogP contribution >= 0.6 is 0 Å². The Labute approximate surface area is 400 Å². The maximum atomic E-state index is 5.19. The first kappa shape index (κ1) is 40.1. The van der Waals surface area contributed by atoms with Crippen molar-refractivity contribution in [2.45, 2.75) is 6.17 Å². The molecule has 3 heterocycles. The van der Waals surface area contributed by atoms with Gasteiger partial charge >= 0.3 is 0 Å². The fraction of sp³-hybridized carbons (Fsp3) is 0.0159. The van der Waals surface area contributed by atoms with Gasteiger partial charge in [0.2, 0.25) is 0 Å². The molecule has 12 aromatic rings. The van der Waals surface area contributed by atoms with E-state index in [1.807, 2.05) is 0 Å². The zero-order valence-corrected chi connectivity index (χ0v) is 37.6. The Balaban J connectivity index is 0.927. The Kier molecular flexibility index (Phi) is 9.79. The van der Waals surface area contributed by atoms with Crippen molar-refractivity contribution in [3.05, 3.63) is 260 Å². The Morgan fingerprint density at radius 1 is 0.333 bits per heavy atom. The molecule has 1 atom stereocenters. The van der Waals surface area contributed by atoms with Crippen molar-refractivity contribution in [3.8, 4) is 67.5 Å². The van der Waals surface area contributed by atoms with Gasteiger partial charge < -0.3 is 10.2 Å². The fourth-order valence-corrected chi connectivity index (χ4v) is 10.2. The Morgan fingerprint density at radius 3 is 1.29 bits per heavy atom. The summed E-state index contributed by atoms with van der Waals surface area (Å²) >= 11 is 0. The monoisotopic (exact) mass is 884 g/mol. The summed E-state index contributed by atoms with van der Waals surface area (Å²) < 4.78 is 4.52. The van der Waals surface area contributed by atoms with Crippen molar-refractivity contribution in [3.63, 3.8) is 0 Å². The summed E-state index contributed by atoms with van der Waals surface area (Å²) in [6, 6.07) is 90.6. The first-order chi connectivity index (χ1) is 34.2. The van der Waals surface area contributed by atoms with Crippen LogP contribution in [0.5, 0.6) is 0 Å². The number of aromatic nitrogens is 4. The van der Waals surface area contributed by atoms with Crippen molar-refractivity contribution < 1.29 is 0 Å². The minimum Gasteiger partial charge on any atom is -0.359 e. The lowest BCUT2D eigenvalue weighted by Gasteiger charge is -2.27. The minimum absolute atomic E-state index is 0.0640. The Morgan fingerprint density at radius 2 is 0.754 bits per heavy atom. The standard InChI is InChI=1S/C63H44N6/c1-4-17-49(18-5-1)67-57-28-13-10-25-54(57)64-61(67)46-37-31-43(32-38-46)52-23-16-24-53(44-33-39-47(40-34-44)62-65-55-26-11-14-29-58(55)68(62)50-19-6-2-7-20-50)60(52)45-35-41-48(42-36-45)63-66-56-27-12-15-30-59(56)69(63)51-21-8-3-9-22-51/h1-42,61,64H. The molecular formula is C63H44N6. The molecule has 326 valence electrons. The van der Waals surface area contributed by atoms with Crippen LogP contribution in [0.15, 0.2) is 255 Å². The molecule has 0 fully saturated rings. The molecule has 0 amide bonds. The van der Waals surface area contributed by atoms with Gasteiger partial charge in [-0.3, -0.25) is 9.13 Å². The molecule has 6 heteroatoms. The maximum Gasteiger partial charge on any atom is 0.145 e. The lowest BCUT2D eigenvalue weighted by molar-refractivity contribution is 0.828. The molecule has 10 aromatic carbocycles. The van der Waals surface area contributed by atoms with Gasteiger partial charge in [0, 0.05) is 28.2 Å². The third-order valence-electron chi connectivity index (χ3n) is 13.4. The quantitative estimate of drug-likeness (QED) is 0.157. The highest BCUT2D eigenvalue weighted by Crippen LogP contribution is 2.47. The van der Waals surface area contributed by atoms with Gasteiger partial charge in [-0.1, -0.05) is 182 Å². The van der Waals surface area contributed by atoms with E-state index in [4.69, 9.17) is 9.97 Å². The zero-order valence-electron chi connectivity index (χ0n) is 37.6. The molecule has 1 unspecified atom stereocenters. The van der Waals surface area contributed by atoms with E-state index in [1.165, 1.54) is 11.3 Å². The van der Waals surface area contributed by atoms with Crippen LogP contribution in [0.25, 0.3) is 89.6 Å². The minimum atomic E-state index is -0.0640. The summed E-state index contributed by atoms with van der Waals surface area (Å²) in [7, 11) is 0. The zero-order chi connectivity index (χ0) is 45.7. The van der Waals surface area contributed by atoms with Crippen LogP contribution in [0.2, 0.25) is 0 Å². The van der Waals surface area contributed by atoms with Crippen molar-refractivity contribution in [1.29, 1.82) is 0 Å². The highest BCUT2D eigenvalue weighted by Gasteiger charge is 2.31. The van der Waals surface area contributed by atoms with Gasteiger partial charge in [0.15, 0.2) is 0 Å².